The lowest BCUT2D eigenvalue weighted by atomic mass is 10.0. The lowest BCUT2D eigenvalue weighted by Crippen LogP contribution is -1.99. The molecule has 1 aliphatic rings. The van der Waals surface area contributed by atoms with E-state index >= 15 is 0 Å². The van der Waals surface area contributed by atoms with Crippen LogP contribution in [0, 0.1) is 5.82 Å². The number of hydrogen-bond acceptors (Lipinski definition) is 1. The quantitative estimate of drug-likeness (QED) is 0.705. The molecule has 2 rings (SSSR count). The largest absolute Gasteiger partial charge is 0.290 e. The van der Waals surface area contributed by atoms with Crippen molar-refractivity contribution in [1.29, 1.82) is 0 Å². The molecule has 0 amide bonds. The van der Waals surface area contributed by atoms with Gasteiger partial charge in [0, 0.05) is 0 Å². The number of hydrogen-bond donors (Lipinski definition) is 0. The Bertz CT molecular complexity index is 549. The Kier molecular flexibility index (Phi) is 4.89. The van der Waals surface area contributed by atoms with Crippen LogP contribution in [0.1, 0.15) is 45.1 Å². The highest BCUT2D eigenvalue weighted by Gasteiger charge is 2.16. The van der Waals surface area contributed by atoms with Gasteiger partial charge in [0.25, 0.3) is 0 Å². The summed E-state index contributed by atoms with van der Waals surface area (Å²) >= 11 is 0. The Morgan fingerprint density at radius 2 is 1.95 bits per heavy atom. The van der Waals surface area contributed by atoms with E-state index < -0.39 is 0 Å². The van der Waals surface area contributed by atoms with Crippen LogP contribution in [0.25, 0.3) is 0 Å². The van der Waals surface area contributed by atoms with E-state index in [0.29, 0.717) is 0 Å². The second-order valence-electron chi connectivity index (χ2n) is 5.59. The fourth-order valence-corrected chi connectivity index (χ4v) is 2.60. The first-order valence-electron chi connectivity index (χ1n) is 7.21. The standard InChI is InChI=1S/C18H21FO/c1-13(6-7-15-8-10-16(19)11-9-15)12-18(20)17-5-3-4-14(17)2/h8-12H,3-7H2,1-2H3/b13-12+. The van der Waals surface area contributed by atoms with Crippen LogP contribution < -0.4 is 0 Å². The first-order valence-corrected chi connectivity index (χ1v) is 7.21. The van der Waals surface area contributed by atoms with E-state index in [4.69, 9.17) is 0 Å². The molecule has 0 atom stereocenters. The van der Waals surface area contributed by atoms with Gasteiger partial charge >= 0.3 is 0 Å². The van der Waals surface area contributed by atoms with Gasteiger partial charge in [0.2, 0.25) is 0 Å². The predicted octanol–water partition coefficient (Wildman–Crippen LogP) is 4.77. The number of halogens is 1. The van der Waals surface area contributed by atoms with Crippen LogP contribution in [-0.4, -0.2) is 5.78 Å². The van der Waals surface area contributed by atoms with Gasteiger partial charge in [0.05, 0.1) is 0 Å². The fourth-order valence-electron chi connectivity index (χ4n) is 2.60. The highest BCUT2D eigenvalue weighted by molar-refractivity contribution is 6.05. The monoisotopic (exact) mass is 272 g/mol. The van der Waals surface area contributed by atoms with Gasteiger partial charge in [0.1, 0.15) is 5.82 Å². The minimum absolute atomic E-state index is 0.177. The number of rotatable bonds is 5. The SMILES string of the molecule is CC1=C(C(=O)/C=C(\C)CCc2ccc(F)cc2)CCC1. The molecule has 1 aromatic rings. The van der Waals surface area contributed by atoms with E-state index in [1.165, 1.54) is 17.7 Å². The Morgan fingerprint density at radius 1 is 1.25 bits per heavy atom. The molecule has 0 radical (unpaired) electrons. The van der Waals surface area contributed by atoms with Crippen molar-refractivity contribution in [2.24, 2.45) is 0 Å². The van der Waals surface area contributed by atoms with Crippen LogP contribution in [-0.2, 0) is 11.2 Å². The summed E-state index contributed by atoms with van der Waals surface area (Å²) in [4.78, 5) is 12.1. The van der Waals surface area contributed by atoms with Crippen LogP contribution >= 0.6 is 0 Å². The predicted molar refractivity (Wildman–Crippen MR) is 80.0 cm³/mol. The molecule has 106 valence electrons. The average molecular weight is 272 g/mol. The number of aryl methyl sites for hydroxylation is 1. The van der Waals surface area contributed by atoms with Gasteiger partial charge in [0.15, 0.2) is 5.78 Å². The lowest BCUT2D eigenvalue weighted by Gasteiger charge is -2.04. The maximum Gasteiger partial charge on any atom is 0.181 e. The third kappa shape index (κ3) is 3.89. The molecule has 0 saturated heterocycles. The molecule has 1 aromatic carbocycles. The van der Waals surface area contributed by atoms with E-state index in [-0.39, 0.29) is 11.6 Å². The third-order valence-electron chi connectivity index (χ3n) is 3.89. The molecule has 0 saturated carbocycles. The van der Waals surface area contributed by atoms with Crippen LogP contribution in [0.15, 0.2) is 47.1 Å². The molecule has 0 heterocycles. The van der Waals surface area contributed by atoms with E-state index in [2.05, 4.69) is 6.92 Å². The van der Waals surface area contributed by atoms with Gasteiger partial charge in [-0.3, -0.25) is 4.79 Å². The first kappa shape index (κ1) is 14.7. The highest BCUT2D eigenvalue weighted by Crippen LogP contribution is 2.26. The number of benzene rings is 1. The van der Waals surface area contributed by atoms with Gasteiger partial charge in [-0.2, -0.15) is 0 Å². The molecule has 0 unspecified atom stereocenters. The van der Waals surface area contributed by atoms with Crippen molar-refractivity contribution in [2.75, 3.05) is 0 Å². The topological polar surface area (TPSA) is 17.1 Å². The molecule has 0 fully saturated rings. The minimum atomic E-state index is -0.208. The number of carbonyl (C=O) groups is 1. The molecular weight excluding hydrogens is 251 g/mol. The second kappa shape index (κ2) is 6.65. The number of carbonyl (C=O) groups excluding carboxylic acids is 1. The molecule has 0 spiro atoms. The summed E-state index contributed by atoms with van der Waals surface area (Å²) in [7, 11) is 0. The maximum absolute atomic E-state index is 12.8. The molecule has 1 aliphatic carbocycles. The minimum Gasteiger partial charge on any atom is -0.290 e. The number of ketones is 1. The second-order valence-corrected chi connectivity index (χ2v) is 5.59. The van der Waals surface area contributed by atoms with E-state index in [9.17, 15) is 9.18 Å². The first-order chi connectivity index (χ1) is 9.56. The van der Waals surface area contributed by atoms with Crippen molar-refractivity contribution in [3.8, 4) is 0 Å². The highest BCUT2D eigenvalue weighted by atomic mass is 19.1. The normalized spacial score (nSPS) is 15.8. The molecule has 0 aliphatic heterocycles. The summed E-state index contributed by atoms with van der Waals surface area (Å²) in [5.74, 6) is -0.0311. The summed E-state index contributed by atoms with van der Waals surface area (Å²) in [6.07, 6.45) is 6.54. The van der Waals surface area contributed by atoms with E-state index in [1.807, 2.05) is 6.92 Å². The van der Waals surface area contributed by atoms with Crippen molar-refractivity contribution in [3.63, 3.8) is 0 Å². The van der Waals surface area contributed by atoms with Crippen molar-refractivity contribution < 1.29 is 9.18 Å². The van der Waals surface area contributed by atoms with E-state index in [1.54, 1.807) is 18.2 Å². The molecule has 20 heavy (non-hydrogen) atoms. The molecule has 0 N–H and O–H groups in total. The molecule has 0 bridgehead atoms. The van der Waals surface area contributed by atoms with Crippen molar-refractivity contribution in [1.82, 2.24) is 0 Å². The van der Waals surface area contributed by atoms with Crippen LogP contribution in [0.2, 0.25) is 0 Å². The van der Waals surface area contributed by atoms with Crippen molar-refractivity contribution in [3.05, 3.63) is 58.4 Å². The summed E-state index contributed by atoms with van der Waals surface area (Å²) < 4.78 is 12.8. The zero-order chi connectivity index (χ0) is 14.5. The zero-order valence-electron chi connectivity index (χ0n) is 12.2. The Morgan fingerprint density at radius 3 is 2.55 bits per heavy atom. The summed E-state index contributed by atoms with van der Waals surface area (Å²) in [6, 6.07) is 6.56. The average Bonchev–Trinajstić information content (AvgIpc) is 2.84. The summed E-state index contributed by atoms with van der Waals surface area (Å²) in [6.45, 7) is 4.05. The Hall–Kier alpha value is -1.70. The molecule has 2 heteroatoms. The van der Waals surface area contributed by atoms with E-state index in [0.717, 1.165) is 48.8 Å². The van der Waals surface area contributed by atoms with Crippen molar-refractivity contribution in [2.45, 2.75) is 46.0 Å². The lowest BCUT2D eigenvalue weighted by molar-refractivity contribution is -0.111. The van der Waals surface area contributed by atoms with Crippen LogP contribution in [0.5, 0.6) is 0 Å². The number of allylic oxidation sites excluding steroid dienone is 4. The molecule has 0 aromatic heterocycles. The Balaban J connectivity index is 1.92. The zero-order valence-corrected chi connectivity index (χ0v) is 12.2. The van der Waals surface area contributed by atoms with Gasteiger partial charge in [-0.1, -0.05) is 23.3 Å². The third-order valence-corrected chi connectivity index (χ3v) is 3.89. The Labute approximate surface area is 120 Å². The van der Waals surface area contributed by atoms with Gasteiger partial charge in [-0.05, 0) is 75.3 Å². The molecular formula is C18H21FO. The molecule has 1 nitrogen and oxygen atoms in total. The van der Waals surface area contributed by atoms with Gasteiger partial charge in [-0.25, -0.2) is 4.39 Å². The van der Waals surface area contributed by atoms with Crippen LogP contribution in [0.3, 0.4) is 0 Å². The van der Waals surface area contributed by atoms with Gasteiger partial charge < -0.3 is 0 Å². The summed E-state index contributed by atoms with van der Waals surface area (Å²) in [5.41, 5.74) is 4.44. The smallest absolute Gasteiger partial charge is 0.181 e. The summed E-state index contributed by atoms with van der Waals surface area (Å²) in [5, 5.41) is 0. The fraction of sp³-hybridized carbons (Fsp3) is 0.389. The van der Waals surface area contributed by atoms with Crippen molar-refractivity contribution >= 4 is 5.78 Å². The maximum atomic E-state index is 12.8. The van der Waals surface area contributed by atoms with Gasteiger partial charge in [-0.15, -0.1) is 0 Å². The van der Waals surface area contributed by atoms with Crippen LogP contribution in [0.4, 0.5) is 4.39 Å².